The van der Waals surface area contributed by atoms with Crippen molar-refractivity contribution < 1.29 is 14.4 Å². The minimum absolute atomic E-state index is 0.00972. The van der Waals surface area contributed by atoms with Gasteiger partial charge in [-0.3, -0.25) is 14.4 Å². The Kier molecular flexibility index (Phi) is 6.94. The van der Waals surface area contributed by atoms with Crippen molar-refractivity contribution in [3.05, 3.63) is 102 Å². The number of amides is 3. The summed E-state index contributed by atoms with van der Waals surface area (Å²) < 4.78 is 0. The summed E-state index contributed by atoms with van der Waals surface area (Å²) in [4.78, 5) is 44.4. The average Bonchev–Trinajstić information content (AvgIpc) is 3.42. The molecule has 2 heterocycles. The maximum absolute atomic E-state index is 14.3. The van der Waals surface area contributed by atoms with Crippen molar-refractivity contribution in [2.45, 2.75) is 57.2 Å². The largest absolute Gasteiger partial charge is 0.349 e. The van der Waals surface area contributed by atoms with E-state index in [-0.39, 0.29) is 47.7 Å². The maximum atomic E-state index is 14.3. The topological polar surface area (TPSA) is 69.7 Å². The Labute approximate surface area is 230 Å². The van der Waals surface area contributed by atoms with Gasteiger partial charge in [0.2, 0.25) is 11.8 Å². The second-order valence-electron chi connectivity index (χ2n) is 11.1. The zero-order valence-electron chi connectivity index (χ0n) is 22.3. The van der Waals surface area contributed by atoms with Crippen LogP contribution < -0.4 is 10.2 Å². The van der Waals surface area contributed by atoms with Crippen LogP contribution in [0.15, 0.2) is 84.9 Å². The lowest BCUT2D eigenvalue weighted by molar-refractivity contribution is -0.139. The van der Waals surface area contributed by atoms with Crippen LogP contribution in [0.4, 0.5) is 5.69 Å². The number of fused-ring (bicyclic) bond motifs is 3. The highest BCUT2D eigenvalue weighted by Gasteiger charge is 2.51. The zero-order valence-corrected chi connectivity index (χ0v) is 22.3. The first-order valence-electron chi connectivity index (χ1n) is 14.1. The molecule has 1 saturated carbocycles. The van der Waals surface area contributed by atoms with Gasteiger partial charge in [-0.1, -0.05) is 79.6 Å². The van der Waals surface area contributed by atoms with Crippen LogP contribution in [0.2, 0.25) is 0 Å². The van der Waals surface area contributed by atoms with Crippen molar-refractivity contribution in [1.29, 1.82) is 0 Å². The van der Waals surface area contributed by atoms with Gasteiger partial charge in [-0.15, -0.1) is 0 Å². The van der Waals surface area contributed by atoms with Crippen LogP contribution in [-0.4, -0.2) is 35.2 Å². The first-order valence-corrected chi connectivity index (χ1v) is 14.1. The van der Waals surface area contributed by atoms with E-state index in [9.17, 15) is 14.4 Å². The number of carbonyl (C=O) groups is 3. The van der Waals surface area contributed by atoms with Gasteiger partial charge in [0.05, 0.1) is 18.0 Å². The third-order valence-corrected chi connectivity index (χ3v) is 8.84. The minimum atomic E-state index is -0.252. The summed E-state index contributed by atoms with van der Waals surface area (Å²) >= 11 is 0. The molecule has 0 radical (unpaired) electrons. The monoisotopic (exact) mass is 521 g/mol. The molecular weight excluding hydrogens is 486 g/mol. The molecule has 0 bridgehead atoms. The molecule has 39 heavy (non-hydrogen) atoms. The highest BCUT2D eigenvalue weighted by Crippen LogP contribution is 2.54. The Balaban J connectivity index is 1.33. The van der Waals surface area contributed by atoms with Crippen LogP contribution in [0, 0.1) is 11.8 Å². The molecule has 3 amide bonds. The molecule has 5 atom stereocenters. The van der Waals surface area contributed by atoms with Crippen LogP contribution >= 0.6 is 0 Å². The SMILES string of the molecule is CC(=O)N1c2ccccc2[C@@H]2[C@@H](CCN2C(=O)[C@H]2CCCC[C@H]2NC(=O)c2ccccc2)[C@H]1c1ccccc1. The molecule has 6 nitrogen and oxygen atoms in total. The fourth-order valence-corrected chi connectivity index (χ4v) is 7.16. The molecule has 3 aromatic carbocycles. The number of hydrogen-bond acceptors (Lipinski definition) is 3. The number of nitrogens with one attached hydrogen (secondary N) is 1. The number of para-hydroxylation sites is 1. The molecule has 3 aliphatic rings. The Hall–Kier alpha value is -3.93. The van der Waals surface area contributed by atoms with Crippen LogP contribution in [0.5, 0.6) is 0 Å². The molecule has 1 aliphatic carbocycles. The average molecular weight is 522 g/mol. The van der Waals surface area contributed by atoms with Gasteiger partial charge in [-0.25, -0.2) is 0 Å². The number of carbonyl (C=O) groups excluding carboxylic acids is 3. The number of anilines is 1. The lowest BCUT2D eigenvalue weighted by Gasteiger charge is -2.46. The molecule has 2 aliphatic heterocycles. The van der Waals surface area contributed by atoms with Crippen molar-refractivity contribution in [1.82, 2.24) is 10.2 Å². The van der Waals surface area contributed by atoms with Crippen molar-refractivity contribution in [3.8, 4) is 0 Å². The lowest BCUT2D eigenvalue weighted by atomic mass is 9.78. The second-order valence-corrected chi connectivity index (χ2v) is 11.1. The summed E-state index contributed by atoms with van der Waals surface area (Å²) in [7, 11) is 0. The molecule has 1 saturated heterocycles. The standard InChI is InChI=1S/C33H35N3O3/c1-22(37)36-29-19-11-9-17-26(29)31-27(30(36)23-12-4-2-5-13-23)20-21-35(31)33(39)25-16-8-10-18-28(25)34-32(38)24-14-6-3-7-15-24/h2-7,9,11-15,17,19,25,27-28,30-31H,8,10,16,18,20-21H2,1H3,(H,34,38)/t25-,27-,28+,30+,31+/m0/s1. The maximum Gasteiger partial charge on any atom is 0.251 e. The molecule has 200 valence electrons. The molecular formula is C33H35N3O3. The summed E-state index contributed by atoms with van der Waals surface area (Å²) in [5.41, 5.74) is 3.64. The predicted molar refractivity (Wildman–Crippen MR) is 151 cm³/mol. The summed E-state index contributed by atoms with van der Waals surface area (Å²) in [5, 5.41) is 3.20. The Bertz CT molecular complexity index is 1360. The Morgan fingerprint density at radius 2 is 1.44 bits per heavy atom. The third kappa shape index (κ3) is 4.62. The summed E-state index contributed by atoms with van der Waals surface area (Å²) in [6, 6.07) is 27.1. The smallest absolute Gasteiger partial charge is 0.251 e. The predicted octanol–water partition coefficient (Wildman–Crippen LogP) is 5.67. The molecule has 0 unspecified atom stereocenters. The van der Waals surface area contributed by atoms with E-state index in [1.807, 2.05) is 71.6 Å². The molecule has 0 spiro atoms. The highest BCUT2D eigenvalue weighted by molar-refractivity contribution is 5.96. The van der Waals surface area contributed by atoms with E-state index < -0.39 is 0 Å². The van der Waals surface area contributed by atoms with E-state index >= 15 is 0 Å². The van der Waals surface area contributed by atoms with E-state index in [2.05, 4.69) is 28.4 Å². The van der Waals surface area contributed by atoms with Crippen molar-refractivity contribution in [2.75, 3.05) is 11.4 Å². The van der Waals surface area contributed by atoms with E-state index in [0.29, 0.717) is 12.1 Å². The van der Waals surface area contributed by atoms with Crippen LogP contribution in [0.3, 0.4) is 0 Å². The van der Waals surface area contributed by atoms with Gasteiger partial charge in [-0.2, -0.15) is 0 Å². The first kappa shape index (κ1) is 25.4. The third-order valence-electron chi connectivity index (χ3n) is 8.84. The number of nitrogens with zero attached hydrogens (tertiary/aromatic N) is 2. The normalized spacial score (nSPS) is 25.9. The van der Waals surface area contributed by atoms with Crippen molar-refractivity contribution in [3.63, 3.8) is 0 Å². The van der Waals surface area contributed by atoms with Crippen molar-refractivity contribution in [2.24, 2.45) is 11.8 Å². The van der Waals surface area contributed by atoms with E-state index in [0.717, 1.165) is 48.9 Å². The van der Waals surface area contributed by atoms with E-state index in [1.54, 1.807) is 6.92 Å². The fourth-order valence-electron chi connectivity index (χ4n) is 7.16. The molecule has 2 fully saturated rings. The Morgan fingerprint density at radius 1 is 0.769 bits per heavy atom. The first-order chi connectivity index (χ1) is 19.0. The molecule has 6 rings (SSSR count). The number of hydrogen-bond donors (Lipinski definition) is 1. The number of likely N-dealkylation sites (tertiary alicyclic amines) is 1. The van der Waals surface area contributed by atoms with Crippen molar-refractivity contribution >= 4 is 23.4 Å². The van der Waals surface area contributed by atoms with Gasteiger partial charge in [0.25, 0.3) is 5.91 Å². The molecule has 3 aromatic rings. The van der Waals surface area contributed by atoms with E-state index in [4.69, 9.17) is 0 Å². The number of benzene rings is 3. The van der Waals surface area contributed by atoms with Gasteiger partial charge in [0.1, 0.15) is 0 Å². The number of rotatable bonds is 4. The zero-order chi connectivity index (χ0) is 26.9. The summed E-state index contributed by atoms with van der Waals surface area (Å²) in [6.45, 7) is 2.28. The van der Waals surface area contributed by atoms with Gasteiger partial charge in [-0.05, 0) is 48.6 Å². The summed E-state index contributed by atoms with van der Waals surface area (Å²) in [6.07, 6.45) is 4.38. The quantitative estimate of drug-likeness (QED) is 0.481. The summed E-state index contributed by atoms with van der Waals surface area (Å²) in [5.74, 6) is -0.146. The van der Waals surface area contributed by atoms with Crippen LogP contribution in [-0.2, 0) is 9.59 Å². The minimum Gasteiger partial charge on any atom is -0.349 e. The lowest BCUT2D eigenvalue weighted by Crippen LogP contribution is -2.51. The molecule has 0 aromatic heterocycles. The van der Waals surface area contributed by atoms with Gasteiger partial charge in [0.15, 0.2) is 0 Å². The van der Waals surface area contributed by atoms with Gasteiger partial charge >= 0.3 is 0 Å². The van der Waals surface area contributed by atoms with Crippen LogP contribution in [0.25, 0.3) is 0 Å². The van der Waals surface area contributed by atoms with E-state index in [1.165, 1.54) is 0 Å². The molecule has 1 N–H and O–H groups in total. The van der Waals surface area contributed by atoms with Gasteiger partial charge in [0, 0.05) is 36.7 Å². The Morgan fingerprint density at radius 3 is 2.18 bits per heavy atom. The fraction of sp³-hybridized carbons (Fsp3) is 0.364. The van der Waals surface area contributed by atoms with Crippen LogP contribution in [0.1, 0.15) is 72.6 Å². The molecule has 6 heteroatoms. The second kappa shape index (κ2) is 10.7. The van der Waals surface area contributed by atoms with Gasteiger partial charge < -0.3 is 15.1 Å². The highest BCUT2D eigenvalue weighted by atomic mass is 16.2.